The van der Waals surface area contributed by atoms with Crippen molar-refractivity contribution in [3.8, 4) is 0 Å². The van der Waals surface area contributed by atoms with Crippen molar-refractivity contribution in [2.75, 3.05) is 13.2 Å². The molecule has 2 aliphatic rings. The van der Waals surface area contributed by atoms with E-state index in [-0.39, 0.29) is 5.92 Å². The molecule has 0 spiro atoms. The molecule has 2 N–H and O–H groups in total. The van der Waals surface area contributed by atoms with Crippen molar-refractivity contribution in [2.24, 2.45) is 17.8 Å². The van der Waals surface area contributed by atoms with Gasteiger partial charge in [0.25, 0.3) is 0 Å². The van der Waals surface area contributed by atoms with Gasteiger partial charge in [0.2, 0.25) is 0 Å². The number of carbonyl (C=O) groups is 1. The molecule has 1 saturated carbocycles. The maximum atomic E-state index is 11.3. The number of ether oxygens (including phenoxy) is 1. The third-order valence-corrected chi connectivity index (χ3v) is 4.95. The van der Waals surface area contributed by atoms with Crippen LogP contribution in [0.1, 0.15) is 52.4 Å². The van der Waals surface area contributed by atoms with Crippen LogP contribution in [0.2, 0.25) is 0 Å². The fraction of sp³-hybridized carbons (Fsp3) is 0.938. The van der Waals surface area contributed by atoms with Gasteiger partial charge in [-0.25, -0.2) is 0 Å². The predicted octanol–water partition coefficient (Wildman–Crippen LogP) is 2.67. The Hall–Kier alpha value is -0.610. The van der Waals surface area contributed by atoms with Crippen LogP contribution in [-0.2, 0) is 9.53 Å². The van der Waals surface area contributed by atoms with E-state index in [0.717, 1.165) is 45.3 Å². The second kappa shape index (κ2) is 7.41. The Morgan fingerprint density at radius 2 is 2.05 bits per heavy atom. The zero-order chi connectivity index (χ0) is 14.5. The topological polar surface area (TPSA) is 58.6 Å². The van der Waals surface area contributed by atoms with Gasteiger partial charge in [0.1, 0.15) is 0 Å². The van der Waals surface area contributed by atoms with Crippen LogP contribution in [0.15, 0.2) is 0 Å². The molecule has 1 aliphatic carbocycles. The van der Waals surface area contributed by atoms with E-state index >= 15 is 0 Å². The molecule has 0 bridgehead atoms. The number of carboxylic acids is 1. The highest BCUT2D eigenvalue weighted by Crippen LogP contribution is 2.30. The van der Waals surface area contributed by atoms with Crippen LogP contribution < -0.4 is 5.32 Å². The first-order valence-electron chi connectivity index (χ1n) is 8.15. The zero-order valence-corrected chi connectivity index (χ0v) is 12.8. The zero-order valence-electron chi connectivity index (χ0n) is 12.8. The standard InChI is InChI=1S/C16H29NO3/c1-11(2)15-9-13(7-8-20-15)17-10-12-5-3-4-6-14(12)16(18)19/h11-15,17H,3-10H2,1-2H3,(H,18,19). The van der Waals surface area contributed by atoms with Gasteiger partial charge in [-0.1, -0.05) is 26.7 Å². The van der Waals surface area contributed by atoms with E-state index in [4.69, 9.17) is 4.74 Å². The maximum absolute atomic E-state index is 11.3. The second-order valence-electron chi connectivity index (χ2n) is 6.77. The molecule has 1 saturated heterocycles. The van der Waals surface area contributed by atoms with Crippen LogP contribution >= 0.6 is 0 Å². The average molecular weight is 283 g/mol. The number of aliphatic carboxylic acids is 1. The Labute approximate surface area is 122 Å². The molecule has 4 atom stereocenters. The summed E-state index contributed by atoms with van der Waals surface area (Å²) in [5.41, 5.74) is 0. The Bertz CT molecular complexity index is 319. The van der Waals surface area contributed by atoms with E-state index in [1.165, 1.54) is 6.42 Å². The lowest BCUT2D eigenvalue weighted by Crippen LogP contribution is -2.44. The molecule has 20 heavy (non-hydrogen) atoms. The van der Waals surface area contributed by atoms with Crippen molar-refractivity contribution in [3.05, 3.63) is 0 Å². The van der Waals surface area contributed by atoms with E-state index in [1.807, 2.05) is 0 Å². The van der Waals surface area contributed by atoms with Crippen LogP contribution in [0.4, 0.5) is 0 Å². The van der Waals surface area contributed by atoms with Gasteiger partial charge in [0.15, 0.2) is 0 Å². The molecule has 1 heterocycles. The molecule has 1 aliphatic heterocycles. The smallest absolute Gasteiger partial charge is 0.306 e. The Morgan fingerprint density at radius 1 is 1.30 bits per heavy atom. The predicted molar refractivity (Wildman–Crippen MR) is 78.7 cm³/mol. The minimum Gasteiger partial charge on any atom is -0.481 e. The first kappa shape index (κ1) is 15.8. The highest BCUT2D eigenvalue weighted by Gasteiger charge is 2.32. The lowest BCUT2D eigenvalue weighted by molar-refractivity contribution is -0.144. The second-order valence-corrected chi connectivity index (χ2v) is 6.77. The molecular formula is C16H29NO3. The van der Waals surface area contributed by atoms with Crippen LogP contribution in [-0.4, -0.2) is 36.4 Å². The van der Waals surface area contributed by atoms with Gasteiger partial charge in [-0.2, -0.15) is 0 Å². The minimum absolute atomic E-state index is 0.142. The molecule has 0 aromatic rings. The fourth-order valence-electron chi connectivity index (χ4n) is 3.57. The van der Waals surface area contributed by atoms with E-state index < -0.39 is 5.97 Å². The SMILES string of the molecule is CC(C)C1CC(NCC2CCCCC2C(=O)O)CCO1. The van der Waals surface area contributed by atoms with Gasteiger partial charge in [-0.05, 0) is 44.1 Å². The summed E-state index contributed by atoms with van der Waals surface area (Å²) in [6, 6.07) is 0.493. The molecule has 0 radical (unpaired) electrons. The average Bonchev–Trinajstić information content (AvgIpc) is 2.45. The number of rotatable bonds is 5. The highest BCUT2D eigenvalue weighted by molar-refractivity contribution is 5.70. The quantitative estimate of drug-likeness (QED) is 0.814. The Balaban J connectivity index is 1.80. The van der Waals surface area contributed by atoms with Crippen molar-refractivity contribution in [2.45, 2.75) is 64.5 Å². The molecule has 0 aromatic heterocycles. The molecule has 0 amide bonds. The van der Waals surface area contributed by atoms with Crippen molar-refractivity contribution >= 4 is 5.97 Å². The van der Waals surface area contributed by atoms with E-state index in [2.05, 4.69) is 19.2 Å². The van der Waals surface area contributed by atoms with Gasteiger partial charge in [-0.15, -0.1) is 0 Å². The maximum Gasteiger partial charge on any atom is 0.306 e. The van der Waals surface area contributed by atoms with Crippen LogP contribution in [0.5, 0.6) is 0 Å². The molecule has 2 fully saturated rings. The fourth-order valence-corrected chi connectivity index (χ4v) is 3.57. The van der Waals surface area contributed by atoms with Crippen LogP contribution in [0.25, 0.3) is 0 Å². The summed E-state index contributed by atoms with van der Waals surface area (Å²) in [4.78, 5) is 11.3. The number of nitrogens with one attached hydrogen (secondary N) is 1. The first-order chi connectivity index (χ1) is 9.58. The summed E-state index contributed by atoms with van der Waals surface area (Å²) in [7, 11) is 0. The lowest BCUT2D eigenvalue weighted by Gasteiger charge is -2.35. The summed E-state index contributed by atoms with van der Waals surface area (Å²) in [6.07, 6.45) is 6.61. The monoisotopic (exact) mass is 283 g/mol. The van der Waals surface area contributed by atoms with E-state index in [1.54, 1.807) is 0 Å². The molecule has 4 nitrogen and oxygen atoms in total. The molecular weight excluding hydrogens is 254 g/mol. The number of hydrogen-bond acceptors (Lipinski definition) is 3. The summed E-state index contributed by atoms with van der Waals surface area (Å²) in [5.74, 6) is 0.114. The molecule has 0 aromatic carbocycles. The molecule has 4 heteroatoms. The van der Waals surface area contributed by atoms with Crippen LogP contribution in [0.3, 0.4) is 0 Å². The normalized spacial score (nSPS) is 35.1. The molecule has 116 valence electrons. The number of hydrogen-bond donors (Lipinski definition) is 2. The van der Waals surface area contributed by atoms with Crippen LogP contribution in [0, 0.1) is 17.8 Å². The third-order valence-electron chi connectivity index (χ3n) is 4.95. The Kier molecular flexibility index (Phi) is 5.85. The summed E-state index contributed by atoms with van der Waals surface area (Å²) < 4.78 is 5.79. The summed E-state index contributed by atoms with van der Waals surface area (Å²) >= 11 is 0. The van der Waals surface area contributed by atoms with E-state index in [9.17, 15) is 9.90 Å². The molecule has 4 unspecified atom stereocenters. The van der Waals surface area contributed by atoms with Gasteiger partial charge in [0, 0.05) is 12.6 Å². The minimum atomic E-state index is -0.608. The highest BCUT2D eigenvalue weighted by atomic mass is 16.5. The van der Waals surface area contributed by atoms with Crippen molar-refractivity contribution in [3.63, 3.8) is 0 Å². The number of carboxylic acid groups (broad SMARTS) is 1. The van der Waals surface area contributed by atoms with Gasteiger partial charge in [0.05, 0.1) is 12.0 Å². The largest absolute Gasteiger partial charge is 0.481 e. The van der Waals surface area contributed by atoms with Crippen molar-refractivity contribution in [1.29, 1.82) is 0 Å². The van der Waals surface area contributed by atoms with Gasteiger partial charge >= 0.3 is 5.97 Å². The Morgan fingerprint density at radius 3 is 2.75 bits per heavy atom. The summed E-state index contributed by atoms with van der Waals surface area (Å²) in [5, 5.41) is 12.9. The van der Waals surface area contributed by atoms with Crippen molar-refractivity contribution < 1.29 is 14.6 Å². The lowest BCUT2D eigenvalue weighted by atomic mass is 9.79. The van der Waals surface area contributed by atoms with Crippen molar-refractivity contribution in [1.82, 2.24) is 5.32 Å². The van der Waals surface area contributed by atoms with Gasteiger partial charge < -0.3 is 15.2 Å². The molecule has 2 rings (SSSR count). The summed E-state index contributed by atoms with van der Waals surface area (Å²) in [6.45, 7) is 6.09. The first-order valence-corrected chi connectivity index (χ1v) is 8.15. The van der Waals surface area contributed by atoms with E-state index in [0.29, 0.717) is 24.0 Å². The third kappa shape index (κ3) is 4.19. The van der Waals surface area contributed by atoms with Gasteiger partial charge in [-0.3, -0.25) is 4.79 Å².